The zero-order valence-electron chi connectivity index (χ0n) is 17.2. The van der Waals surface area contributed by atoms with Gasteiger partial charge in [-0.05, 0) is 18.2 Å². The van der Waals surface area contributed by atoms with Gasteiger partial charge in [-0.2, -0.15) is 0 Å². The van der Waals surface area contributed by atoms with Crippen molar-refractivity contribution < 1.29 is 28.6 Å². The van der Waals surface area contributed by atoms with Gasteiger partial charge in [-0.3, -0.25) is 9.78 Å². The molecule has 0 unspecified atom stereocenters. The maximum absolute atomic E-state index is 15.4. The molecule has 0 bridgehead atoms. The first kappa shape index (κ1) is 21.2. The van der Waals surface area contributed by atoms with Gasteiger partial charge in [-0.1, -0.05) is 17.7 Å². The van der Waals surface area contributed by atoms with E-state index in [4.69, 9.17) is 11.6 Å². The molecule has 11 heteroatoms. The number of amides is 2. The lowest BCUT2D eigenvalue weighted by Gasteiger charge is -2.46. The quantitative estimate of drug-likeness (QED) is 0.558. The third kappa shape index (κ3) is 3.05. The van der Waals surface area contributed by atoms with Gasteiger partial charge in [0.1, 0.15) is 23.4 Å². The topological polar surface area (TPSA) is 97.2 Å². The van der Waals surface area contributed by atoms with Crippen molar-refractivity contribution in [2.24, 2.45) is 0 Å². The molecular formula is C22H17ClF2N4O4. The molecule has 2 N–H and O–H groups in total. The van der Waals surface area contributed by atoms with Gasteiger partial charge in [0.05, 0.1) is 40.2 Å². The number of likely N-dealkylation sites (N-methyl/N-ethyl adjacent to an activating group) is 1. The van der Waals surface area contributed by atoms with Gasteiger partial charge in [0, 0.05) is 31.1 Å². The van der Waals surface area contributed by atoms with Crippen molar-refractivity contribution in [2.75, 3.05) is 36.5 Å². The Balaban J connectivity index is 1.75. The number of aromatic hydroxyl groups is 1. The van der Waals surface area contributed by atoms with Gasteiger partial charge in [0.25, 0.3) is 5.91 Å². The van der Waals surface area contributed by atoms with E-state index < -0.39 is 29.5 Å². The Bertz CT molecular complexity index is 1330. The average Bonchev–Trinajstić information content (AvgIpc) is 2.78. The van der Waals surface area contributed by atoms with Crippen molar-refractivity contribution in [3.05, 3.63) is 47.1 Å². The third-order valence-electron chi connectivity index (χ3n) is 6.16. The first-order valence-corrected chi connectivity index (χ1v) is 10.4. The molecule has 1 saturated heterocycles. The van der Waals surface area contributed by atoms with Crippen molar-refractivity contribution in [3.63, 3.8) is 0 Å². The molecule has 33 heavy (non-hydrogen) atoms. The molecule has 5 rings (SSSR count). The summed E-state index contributed by atoms with van der Waals surface area (Å²) < 4.78 is 29.9. The van der Waals surface area contributed by atoms with Crippen molar-refractivity contribution in [2.45, 2.75) is 6.04 Å². The van der Waals surface area contributed by atoms with E-state index >= 15 is 4.39 Å². The number of piperazine rings is 1. The SMILES string of the molecule is CN1C(=O)[C@H]2CN(C(=O)O)CCN2c2c1cnc1c(Cl)c(-c3c(O)cccc3F)c(F)cc21. The second-order valence-corrected chi connectivity index (χ2v) is 8.28. The molecule has 170 valence electrons. The van der Waals surface area contributed by atoms with E-state index in [9.17, 15) is 24.2 Å². The van der Waals surface area contributed by atoms with Gasteiger partial charge in [0.2, 0.25) is 0 Å². The number of anilines is 2. The molecule has 3 heterocycles. The number of phenolic OH excluding ortho intramolecular Hbond substituents is 1. The maximum atomic E-state index is 15.4. The fourth-order valence-corrected chi connectivity index (χ4v) is 4.89. The summed E-state index contributed by atoms with van der Waals surface area (Å²) in [5, 5.41) is 19.6. The van der Waals surface area contributed by atoms with Crippen LogP contribution in [-0.2, 0) is 4.79 Å². The number of pyridine rings is 1. The van der Waals surface area contributed by atoms with Crippen LogP contribution in [-0.4, -0.2) is 64.8 Å². The van der Waals surface area contributed by atoms with Crippen LogP contribution in [0.4, 0.5) is 25.0 Å². The highest BCUT2D eigenvalue weighted by atomic mass is 35.5. The zero-order chi connectivity index (χ0) is 23.6. The van der Waals surface area contributed by atoms with Gasteiger partial charge >= 0.3 is 6.09 Å². The summed E-state index contributed by atoms with van der Waals surface area (Å²) in [6, 6.07) is 3.96. The number of phenols is 1. The van der Waals surface area contributed by atoms with Crippen molar-refractivity contribution in [1.29, 1.82) is 0 Å². The van der Waals surface area contributed by atoms with Crippen LogP contribution in [0.25, 0.3) is 22.0 Å². The van der Waals surface area contributed by atoms with E-state index in [1.54, 1.807) is 4.90 Å². The molecule has 8 nitrogen and oxygen atoms in total. The van der Waals surface area contributed by atoms with Crippen LogP contribution in [0, 0.1) is 11.6 Å². The minimum absolute atomic E-state index is 0.0425. The number of hydrogen-bond donors (Lipinski definition) is 2. The number of aromatic nitrogens is 1. The van der Waals surface area contributed by atoms with Crippen molar-refractivity contribution in [3.8, 4) is 16.9 Å². The van der Waals surface area contributed by atoms with Crippen LogP contribution >= 0.6 is 11.6 Å². The average molecular weight is 475 g/mol. The number of halogens is 3. The molecule has 3 aromatic rings. The number of benzene rings is 2. The fraction of sp³-hybridized carbons (Fsp3) is 0.227. The van der Waals surface area contributed by atoms with Gasteiger partial charge in [-0.15, -0.1) is 0 Å². The van der Waals surface area contributed by atoms with Gasteiger partial charge in [0.15, 0.2) is 0 Å². The van der Waals surface area contributed by atoms with Crippen LogP contribution in [0.15, 0.2) is 30.5 Å². The molecule has 1 aromatic heterocycles. The molecular weight excluding hydrogens is 458 g/mol. The summed E-state index contributed by atoms with van der Waals surface area (Å²) in [7, 11) is 1.54. The Labute approximate surface area is 191 Å². The highest BCUT2D eigenvalue weighted by Gasteiger charge is 2.42. The summed E-state index contributed by atoms with van der Waals surface area (Å²) in [5.74, 6) is -2.50. The van der Waals surface area contributed by atoms with E-state index in [1.165, 1.54) is 30.3 Å². The smallest absolute Gasteiger partial charge is 0.407 e. The van der Waals surface area contributed by atoms with E-state index in [0.717, 1.165) is 17.0 Å². The van der Waals surface area contributed by atoms with Crippen LogP contribution in [0.3, 0.4) is 0 Å². The van der Waals surface area contributed by atoms with Crippen molar-refractivity contribution >= 4 is 45.9 Å². The van der Waals surface area contributed by atoms with Crippen LogP contribution < -0.4 is 9.80 Å². The Kier molecular flexibility index (Phi) is 4.78. The van der Waals surface area contributed by atoms with Crippen molar-refractivity contribution in [1.82, 2.24) is 9.88 Å². The summed E-state index contributed by atoms with van der Waals surface area (Å²) >= 11 is 6.51. The van der Waals surface area contributed by atoms with Crippen LogP contribution in [0.1, 0.15) is 0 Å². The number of nitrogens with zero attached hydrogens (tertiary/aromatic N) is 4. The fourth-order valence-electron chi connectivity index (χ4n) is 4.55. The molecule has 2 aliphatic rings. The minimum Gasteiger partial charge on any atom is -0.507 e. The Morgan fingerprint density at radius 3 is 2.67 bits per heavy atom. The number of carbonyl (C=O) groups is 2. The second kappa shape index (κ2) is 7.45. The van der Waals surface area contributed by atoms with Crippen LogP contribution in [0.2, 0.25) is 5.02 Å². The first-order chi connectivity index (χ1) is 15.7. The normalized spacial score (nSPS) is 17.9. The van der Waals surface area contributed by atoms with E-state index in [1.807, 2.05) is 0 Å². The predicted molar refractivity (Wildman–Crippen MR) is 118 cm³/mol. The van der Waals surface area contributed by atoms with E-state index in [2.05, 4.69) is 4.98 Å². The minimum atomic E-state index is -1.13. The lowest BCUT2D eigenvalue weighted by atomic mass is 9.97. The molecule has 0 aliphatic carbocycles. The highest BCUT2D eigenvalue weighted by molar-refractivity contribution is 6.38. The van der Waals surface area contributed by atoms with Crippen LogP contribution in [0.5, 0.6) is 5.75 Å². The summed E-state index contributed by atoms with van der Waals surface area (Å²) in [5.41, 5.74) is 0.379. The lowest BCUT2D eigenvalue weighted by molar-refractivity contribution is -0.120. The molecule has 1 fully saturated rings. The number of fused-ring (bicyclic) bond motifs is 5. The molecule has 2 aromatic carbocycles. The third-order valence-corrected chi connectivity index (χ3v) is 6.53. The Morgan fingerprint density at radius 1 is 1.21 bits per heavy atom. The Morgan fingerprint density at radius 2 is 1.97 bits per heavy atom. The van der Waals surface area contributed by atoms with Gasteiger partial charge < -0.3 is 24.9 Å². The summed E-state index contributed by atoms with van der Waals surface area (Å²) in [6.07, 6.45) is 0.295. The monoisotopic (exact) mass is 474 g/mol. The zero-order valence-corrected chi connectivity index (χ0v) is 18.0. The molecule has 0 saturated carbocycles. The maximum Gasteiger partial charge on any atom is 0.407 e. The first-order valence-electron chi connectivity index (χ1n) is 10.0. The number of carboxylic acid groups (broad SMARTS) is 1. The molecule has 2 amide bonds. The molecule has 2 aliphatic heterocycles. The number of hydrogen-bond acceptors (Lipinski definition) is 5. The predicted octanol–water partition coefficient (Wildman–Crippen LogP) is 3.68. The van der Waals surface area contributed by atoms with E-state index in [0.29, 0.717) is 16.8 Å². The molecule has 0 radical (unpaired) electrons. The Hall–Kier alpha value is -3.66. The number of carbonyl (C=O) groups excluding carboxylic acids is 1. The molecule has 1 atom stereocenters. The summed E-state index contributed by atoms with van der Waals surface area (Å²) in [6.45, 7) is 0.320. The number of rotatable bonds is 1. The summed E-state index contributed by atoms with van der Waals surface area (Å²) in [4.78, 5) is 33.0. The molecule has 0 spiro atoms. The van der Waals surface area contributed by atoms with E-state index in [-0.39, 0.29) is 47.2 Å². The standard InChI is InChI=1S/C22H17ClF2N4O4/c1-27-13-8-26-19-10(20(13)29-6-5-28(22(32)33)9-14(29)21(27)31)7-12(25)17(18(19)23)16-11(24)3-2-4-15(16)30/h2-4,7-8,14,30H,5-6,9H2,1H3,(H,32,33)/t14-/m1/s1. The van der Waals surface area contributed by atoms with Gasteiger partial charge in [-0.25, -0.2) is 13.6 Å². The highest BCUT2D eigenvalue weighted by Crippen LogP contribution is 2.47. The largest absolute Gasteiger partial charge is 0.507 e. The lowest BCUT2D eigenvalue weighted by Crippen LogP contribution is -2.62. The second-order valence-electron chi connectivity index (χ2n) is 7.90.